The van der Waals surface area contributed by atoms with Crippen LogP contribution in [0.5, 0.6) is 0 Å². The summed E-state index contributed by atoms with van der Waals surface area (Å²) in [6.45, 7) is 1.74. The van der Waals surface area contributed by atoms with E-state index in [-0.39, 0.29) is 30.8 Å². The number of carboxylic acid groups (broad SMARTS) is 1. The minimum absolute atomic E-state index is 0.108. The van der Waals surface area contributed by atoms with E-state index in [0.29, 0.717) is 32.1 Å². The summed E-state index contributed by atoms with van der Waals surface area (Å²) in [7, 11) is 0. The molecule has 0 radical (unpaired) electrons. The predicted octanol–water partition coefficient (Wildman–Crippen LogP) is 3.38. The monoisotopic (exact) mass is 386 g/mol. The maximum absolute atomic E-state index is 14.2. The van der Waals surface area contributed by atoms with Crippen LogP contribution in [0.1, 0.15) is 64.7 Å². The molecule has 0 aromatic carbocycles. The van der Waals surface area contributed by atoms with Crippen molar-refractivity contribution >= 4 is 5.97 Å². The minimum atomic E-state index is -1.08. The molecule has 1 saturated carbocycles. The summed E-state index contributed by atoms with van der Waals surface area (Å²) in [5, 5.41) is 38.0. The smallest absolute Gasteiger partial charge is 0.303 e. The van der Waals surface area contributed by atoms with E-state index in [1.54, 1.807) is 19.1 Å². The molecule has 1 unspecified atom stereocenters. The van der Waals surface area contributed by atoms with E-state index in [9.17, 15) is 24.5 Å². The number of unbranched alkanes of at least 4 members (excludes halogenated alkanes) is 2. The zero-order valence-electron chi connectivity index (χ0n) is 16.2. The lowest BCUT2D eigenvalue weighted by molar-refractivity contribution is -0.137. The largest absolute Gasteiger partial charge is 0.481 e. The van der Waals surface area contributed by atoms with Crippen molar-refractivity contribution in [2.24, 2.45) is 11.8 Å². The molecule has 0 saturated heterocycles. The van der Waals surface area contributed by atoms with Crippen molar-refractivity contribution in [2.75, 3.05) is 0 Å². The zero-order valence-corrected chi connectivity index (χ0v) is 16.2. The molecule has 0 aromatic heterocycles. The van der Waals surface area contributed by atoms with Crippen molar-refractivity contribution in [1.29, 1.82) is 0 Å². The first kappa shape index (κ1) is 23.8. The number of carboxylic acids is 1. The number of halogens is 1. The number of hydrogen-bond acceptors (Lipinski definition) is 4. The number of aliphatic hydroxyl groups is 3. The topological polar surface area (TPSA) is 98.0 Å². The van der Waals surface area contributed by atoms with Crippen LogP contribution in [-0.2, 0) is 4.79 Å². The maximum atomic E-state index is 14.2. The molecule has 5 nitrogen and oxygen atoms in total. The Labute approximate surface area is 161 Å². The third kappa shape index (κ3) is 10.0. The molecule has 0 aliphatic heterocycles. The quantitative estimate of drug-likeness (QED) is 0.287. The predicted molar refractivity (Wildman–Crippen MR) is 103 cm³/mol. The summed E-state index contributed by atoms with van der Waals surface area (Å²) < 4.78 is 14.2. The molecule has 1 aliphatic carbocycles. The average molecular weight is 387 g/mol. The Balaban J connectivity index is 2.43. The molecular weight excluding hydrogens is 351 g/mol. The van der Waals surface area contributed by atoms with Gasteiger partial charge in [0, 0.05) is 24.7 Å². The zero-order chi connectivity index (χ0) is 20.2. The molecule has 1 fully saturated rings. The Hall–Kier alpha value is -1.24. The van der Waals surface area contributed by atoms with Crippen LogP contribution in [0.25, 0.3) is 0 Å². The molecule has 0 amide bonds. The van der Waals surface area contributed by atoms with Crippen molar-refractivity contribution in [3.8, 4) is 0 Å². The van der Waals surface area contributed by atoms with E-state index in [0.717, 1.165) is 12.8 Å². The van der Waals surface area contributed by atoms with E-state index in [2.05, 4.69) is 0 Å². The summed E-state index contributed by atoms with van der Waals surface area (Å²) in [6, 6.07) is 0. The highest BCUT2D eigenvalue weighted by Crippen LogP contribution is 2.38. The van der Waals surface area contributed by atoms with E-state index in [1.165, 1.54) is 0 Å². The van der Waals surface area contributed by atoms with Crippen molar-refractivity contribution in [3.05, 3.63) is 24.3 Å². The van der Waals surface area contributed by atoms with E-state index < -0.39 is 24.3 Å². The first-order valence-electron chi connectivity index (χ1n) is 10.0. The molecule has 1 aliphatic rings. The Morgan fingerprint density at radius 3 is 2.56 bits per heavy atom. The molecule has 0 aromatic rings. The number of aliphatic carboxylic acids is 1. The van der Waals surface area contributed by atoms with Crippen LogP contribution in [0.2, 0.25) is 0 Å². The van der Waals surface area contributed by atoms with Gasteiger partial charge in [0.25, 0.3) is 0 Å². The Morgan fingerprint density at radius 2 is 1.89 bits per heavy atom. The van der Waals surface area contributed by atoms with Crippen molar-refractivity contribution in [2.45, 2.75) is 89.2 Å². The Kier molecular flexibility index (Phi) is 11.5. The van der Waals surface area contributed by atoms with Crippen LogP contribution in [0.3, 0.4) is 0 Å². The van der Waals surface area contributed by atoms with E-state index >= 15 is 0 Å². The lowest BCUT2D eigenvalue weighted by Gasteiger charge is -2.19. The van der Waals surface area contributed by atoms with Gasteiger partial charge in [-0.05, 0) is 39.0 Å². The van der Waals surface area contributed by atoms with Crippen molar-refractivity contribution in [1.82, 2.24) is 0 Å². The van der Waals surface area contributed by atoms with Gasteiger partial charge >= 0.3 is 5.97 Å². The molecule has 0 heterocycles. The minimum Gasteiger partial charge on any atom is -0.481 e. The fourth-order valence-electron chi connectivity index (χ4n) is 3.55. The number of aliphatic hydroxyl groups excluding tert-OH is 3. The van der Waals surface area contributed by atoms with Gasteiger partial charge in [0.1, 0.15) is 6.17 Å². The molecule has 4 N–H and O–H groups in total. The number of rotatable bonds is 13. The third-order valence-electron chi connectivity index (χ3n) is 5.13. The fraction of sp³-hybridized carbons (Fsp3) is 0.762. The molecule has 6 heteroatoms. The van der Waals surface area contributed by atoms with Crippen LogP contribution in [0.15, 0.2) is 24.3 Å². The van der Waals surface area contributed by atoms with Crippen LogP contribution in [0.4, 0.5) is 4.39 Å². The lowest BCUT2D eigenvalue weighted by Crippen LogP contribution is -2.19. The summed E-state index contributed by atoms with van der Waals surface area (Å²) in [5.74, 6) is -1.47. The number of carbonyl (C=O) groups is 1. The number of allylic oxidation sites excluding steroid dienone is 2. The van der Waals surface area contributed by atoms with Gasteiger partial charge in [-0.15, -0.1) is 0 Å². The van der Waals surface area contributed by atoms with Crippen LogP contribution in [0, 0.1) is 11.8 Å². The van der Waals surface area contributed by atoms with Gasteiger partial charge in [-0.1, -0.05) is 37.1 Å². The standard InChI is InChI=1S/C21H35FO5/c1-15(23)8-6-7-9-16(24)12-13-18-17(19(22)14-20(18)25)10-4-2-3-5-11-21(26)27/h2,4,12-13,15-20,23-25H,3,5-11,14H2,1H3,(H,26,27)/b4-2-,13-12+/t15-,16?,17+,18+,19+,20+/m0/s1. The van der Waals surface area contributed by atoms with Gasteiger partial charge in [-0.25, -0.2) is 4.39 Å². The molecule has 0 bridgehead atoms. The Bertz CT molecular complexity index is 477. The summed E-state index contributed by atoms with van der Waals surface area (Å²) in [6.07, 6.45) is 9.21. The van der Waals surface area contributed by atoms with E-state index in [4.69, 9.17) is 5.11 Å². The molecular formula is C21H35FO5. The third-order valence-corrected chi connectivity index (χ3v) is 5.13. The molecule has 0 spiro atoms. The summed E-state index contributed by atoms with van der Waals surface area (Å²) >= 11 is 0. The Morgan fingerprint density at radius 1 is 1.19 bits per heavy atom. The highest BCUT2D eigenvalue weighted by molar-refractivity contribution is 5.66. The van der Waals surface area contributed by atoms with Gasteiger partial charge in [0.15, 0.2) is 0 Å². The second-order valence-electron chi connectivity index (χ2n) is 7.64. The first-order chi connectivity index (χ1) is 12.8. The van der Waals surface area contributed by atoms with Crippen molar-refractivity contribution < 1.29 is 29.6 Å². The lowest BCUT2D eigenvalue weighted by atomic mass is 9.90. The highest BCUT2D eigenvalue weighted by Gasteiger charge is 2.40. The summed E-state index contributed by atoms with van der Waals surface area (Å²) in [5.41, 5.74) is 0. The van der Waals surface area contributed by atoms with Gasteiger partial charge in [-0.2, -0.15) is 0 Å². The van der Waals surface area contributed by atoms with Crippen LogP contribution >= 0.6 is 0 Å². The van der Waals surface area contributed by atoms with Gasteiger partial charge in [0.05, 0.1) is 18.3 Å². The maximum Gasteiger partial charge on any atom is 0.303 e. The normalized spacial score (nSPS) is 28.2. The molecule has 1 rings (SSSR count). The highest BCUT2D eigenvalue weighted by atomic mass is 19.1. The molecule has 27 heavy (non-hydrogen) atoms. The van der Waals surface area contributed by atoms with E-state index in [1.807, 2.05) is 12.2 Å². The molecule has 156 valence electrons. The summed E-state index contributed by atoms with van der Waals surface area (Å²) in [4.78, 5) is 10.5. The van der Waals surface area contributed by atoms with Gasteiger partial charge < -0.3 is 20.4 Å². The fourth-order valence-corrected chi connectivity index (χ4v) is 3.55. The SMILES string of the molecule is C[C@H](O)CCCCC(O)/C=C/[C@@H]1[C@@H](C/C=C\CCCC(=O)O)[C@H](F)C[C@H]1O. The van der Waals surface area contributed by atoms with Gasteiger partial charge in [0.2, 0.25) is 0 Å². The number of alkyl halides is 1. The molecule has 6 atom stereocenters. The van der Waals surface area contributed by atoms with Crippen LogP contribution in [-0.4, -0.2) is 50.9 Å². The second-order valence-corrected chi connectivity index (χ2v) is 7.64. The number of hydrogen-bond donors (Lipinski definition) is 4. The van der Waals surface area contributed by atoms with Crippen LogP contribution < -0.4 is 0 Å². The first-order valence-corrected chi connectivity index (χ1v) is 10.0. The van der Waals surface area contributed by atoms with Crippen molar-refractivity contribution in [3.63, 3.8) is 0 Å². The van der Waals surface area contributed by atoms with Gasteiger partial charge in [-0.3, -0.25) is 4.79 Å². The second kappa shape index (κ2) is 13.0. The average Bonchev–Trinajstić information content (AvgIpc) is 2.85.